The monoisotopic (exact) mass is 538 g/mol. The maximum Gasteiger partial charge on any atom is 0.419 e. The third-order valence-corrected chi connectivity index (χ3v) is 7.75. The van der Waals surface area contributed by atoms with Gasteiger partial charge in [-0.1, -0.05) is 0 Å². The molecule has 1 aliphatic rings. The standard InChI is InChI=1S/C23H22F4N6OS2/c1-13(14-5-7-32(8-6-14)20-28-10-15(11-29-20)23(25,26)27)34-22-31-33-12-19(30-21(33)36-22)17-4-3-16(35-2)9-18(17)24/h3-4,9-14H,5-8H2,1-2H3. The number of benzene rings is 1. The van der Waals surface area contributed by atoms with E-state index in [0.717, 1.165) is 30.1 Å². The fraction of sp³-hybridized carbons (Fsp3) is 0.391. The van der Waals surface area contributed by atoms with Crippen molar-refractivity contribution in [1.82, 2.24) is 24.6 Å². The molecule has 4 aromatic rings. The number of hydrogen-bond donors (Lipinski definition) is 0. The van der Waals surface area contributed by atoms with Gasteiger partial charge in [0.2, 0.25) is 10.9 Å². The van der Waals surface area contributed by atoms with Crippen molar-refractivity contribution in [1.29, 1.82) is 0 Å². The molecule has 1 atom stereocenters. The van der Waals surface area contributed by atoms with E-state index in [2.05, 4.69) is 20.1 Å². The Balaban J connectivity index is 1.19. The van der Waals surface area contributed by atoms with Crippen molar-refractivity contribution in [2.75, 3.05) is 24.2 Å². The van der Waals surface area contributed by atoms with Gasteiger partial charge in [-0.05, 0) is 61.5 Å². The molecule has 0 aliphatic carbocycles. The molecule has 0 amide bonds. The molecule has 4 heterocycles. The molecule has 0 radical (unpaired) electrons. The Morgan fingerprint density at radius 1 is 1.17 bits per heavy atom. The highest BCUT2D eigenvalue weighted by Crippen LogP contribution is 2.32. The van der Waals surface area contributed by atoms with Crippen LogP contribution in [0.4, 0.5) is 23.5 Å². The first-order valence-corrected chi connectivity index (χ1v) is 13.3. The van der Waals surface area contributed by atoms with Crippen LogP contribution in [0.15, 0.2) is 41.7 Å². The lowest BCUT2D eigenvalue weighted by Gasteiger charge is -2.34. The van der Waals surface area contributed by atoms with E-state index in [0.29, 0.717) is 40.4 Å². The van der Waals surface area contributed by atoms with Crippen molar-refractivity contribution < 1.29 is 22.3 Å². The lowest BCUT2D eigenvalue weighted by Crippen LogP contribution is -2.39. The number of imidazole rings is 1. The second-order valence-corrected chi connectivity index (χ2v) is 10.3. The van der Waals surface area contributed by atoms with E-state index >= 15 is 0 Å². The fourth-order valence-corrected chi connectivity index (χ4v) is 5.39. The third-order valence-electron chi connectivity index (χ3n) is 6.22. The van der Waals surface area contributed by atoms with Crippen LogP contribution in [0.2, 0.25) is 0 Å². The summed E-state index contributed by atoms with van der Waals surface area (Å²) >= 11 is 2.76. The summed E-state index contributed by atoms with van der Waals surface area (Å²) < 4.78 is 60.3. The van der Waals surface area contributed by atoms with Crippen LogP contribution in [-0.4, -0.2) is 50.0 Å². The number of anilines is 1. The molecule has 36 heavy (non-hydrogen) atoms. The second-order valence-electron chi connectivity index (χ2n) is 8.48. The summed E-state index contributed by atoms with van der Waals surface area (Å²) in [5.41, 5.74) is 0.0742. The van der Waals surface area contributed by atoms with Gasteiger partial charge in [0.05, 0.1) is 17.5 Å². The number of nitrogens with zero attached hydrogens (tertiary/aromatic N) is 6. The molecular weight excluding hydrogens is 516 g/mol. The van der Waals surface area contributed by atoms with Crippen molar-refractivity contribution in [3.63, 3.8) is 0 Å². The van der Waals surface area contributed by atoms with Crippen LogP contribution in [0.25, 0.3) is 16.2 Å². The van der Waals surface area contributed by atoms with Gasteiger partial charge in [-0.2, -0.15) is 13.2 Å². The Morgan fingerprint density at radius 3 is 2.50 bits per heavy atom. The lowest BCUT2D eigenvalue weighted by molar-refractivity contribution is -0.138. The zero-order valence-corrected chi connectivity index (χ0v) is 21.0. The molecule has 0 spiro atoms. The molecule has 13 heteroatoms. The number of halogens is 4. The number of fused-ring (bicyclic) bond motifs is 1. The van der Waals surface area contributed by atoms with Crippen LogP contribution in [-0.2, 0) is 6.18 Å². The molecule has 0 bridgehead atoms. The number of ether oxygens (including phenoxy) is 1. The predicted octanol–water partition coefficient (Wildman–Crippen LogP) is 5.81. The molecule has 1 aromatic carbocycles. The van der Waals surface area contributed by atoms with Crippen molar-refractivity contribution >= 4 is 34.0 Å². The summed E-state index contributed by atoms with van der Waals surface area (Å²) in [7, 11) is 0. The molecule has 7 nitrogen and oxygen atoms in total. The summed E-state index contributed by atoms with van der Waals surface area (Å²) in [6, 6.07) is 5.07. The number of piperidine rings is 1. The van der Waals surface area contributed by atoms with Crippen LogP contribution in [0.1, 0.15) is 25.3 Å². The maximum atomic E-state index is 14.5. The van der Waals surface area contributed by atoms with Gasteiger partial charge in [0.15, 0.2) is 0 Å². The maximum absolute atomic E-state index is 14.5. The fourth-order valence-electron chi connectivity index (χ4n) is 4.14. The number of aromatic nitrogens is 5. The van der Waals surface area contributed by atoms with Crippen LogP contribution < -0.4 is 9.64 Å². The Hall–Kier alpha value is -2.93. The van der Waals surface area contributed by atoms with E-state index in [-0.39, 0.29) is 17.8 Å². The summed E-state index contributed by atoms with van der Waals surface area (Å²) in [5, 5.41) is 4.92. The van der Waals surface area contributed by atoms with Crippen LogP contribution >= 0.6 is 23.1 Å². The van der Waals surface area contributed by atoms with Gasteiger partial charge >= 0.3 is 6.18 Å². The Morgan fingerprint density at radius 2 is 1.89 bits per heavy atom. The molecular formula is C23H22F4N6OS2. The Kier molecular flexibility index (Phi) is 6.77. The van der Waals surface area contributed by atoms with E-state index in [1.165, 1.54) is 29.2 Å². The van der Waals surface area contributed by atoms with Gasteiger partial charge in [-0.15, -0.1) is 16.9 Å². The molecule has 1 fully saturated rings. The molecule has 5 rings (SSSR count). The molecule has 1 unspecified atom stereocenters. The van der Waals surface area contributed by atoms with Gasteiger partial charge in [-0.25, -0.2) is 23.9 Å². The highest BCUT2D eigenvalue weighted by molar-refractivity contribution is 7.98. The molecule has 190 valence electrons. The van der Waals surface area contributed by atoms with Gasteiger partial charge in [-0.3, -0.25) is 0 Å². The lowest BCUT2D eigenvalue weighted by atomic mass is 9.92. The summed E-state index contributed by atoms with van der Waals surface area (Å²) in [6.07, 6.45) is 2.21. The minimum Gasteiger partial charge on any atom is -0.466 e. The van der Waals surface area contributed by atoms with Gasteiger partial charge in [0.1, 0.15) is 11.9 Å². The molecule has 3 aromatic heterocycles. The van der Waals surface area contributed by atoms with E-state index in [4.69, 9.17) is 4.74 Å². The molecule has 1 saturated heterocycles. The van der Waals surface area contributed by atoms with Gasteiger partial charge in [0.25, 0.3) is 5.19 Å². The highest BCUT2D eigenvalue weighted by atomic mass is 32.2. The Labute approximate surface area is 212 Å². The van der Waals surface area contributed by atoms with Crippen molar-refractivity contribution in [3.8, 4) is 16.5 Å². The van der Waals surface area contributed by atoms with Gasteiger partial charge in [0, 0.05) is 35.9 Å². The summed E-state index contributed by atoms with van der Waals surface area (Å²) in [6.45, 7) is 3.22. The van der Waals surface area contributed by atoms with E-state index in [1.807, 2.05) is 24.1 Å². The first kappa shape index (κ1) is 24.8. The average Bonchev–Trinajstić information content (AvgIpc) is 3.42. The number of thioether (sulfide) groups is 1. The minimum atomic E-state index is -4.45. The van der Waals surface area contributed by atoms with Gasteiger partial charge < -0.3 is 9.64 Å². The van der Waals surface area contributed by atoms with Crippen molar-refractivity contribution in [2.45, 2.75) is 36.9 Å². The number of alkyl halides is 3. The topological polar surface area (TPSA) is 68.4 Å². The van der Waals surface area contributed by atoms with E-state index in [1.54, 1.807) is 16.8 Å². The third kappa shape index (κ3) is 5.12. The highest BCUT2D eigenvalue weighted by Gasteiger charge is 2.32. The van der Waals surface area contributed by atoms with Crippen LogP contribution in [0.3, 0.4) is 0 Å². The number of hydrogen-bond acceptors (Lipinski definition) is 8. The minimum absolute atomic E-state index is 0.118. The molecule has 1 aliphatic heterocycles. The quantitative estimate of drug-likeness (QED) is 0.227. The van der Waals surface area contributed by atoms with Crippen LogP contribution in [0, 0.1) is 11.7 Å². The van der Waals surface area contributed by atoms with Crippen molar-refractivity contribution in [3.05, 3.63) is 48.2 Å². The predicted molar refractivity (Wildman–Crippen MR) is 130 cm³/mol. The first-order valence-electron chi connectivity index (χ1n) is 11.2. The zero-order valence-electron chi connectivity index (χ0n) is 19.4. The van der Waals surface area contributed by atoms with Crippen LogP contribution in [0.5, 0.6) is 5.19 Å². The SMILES string of the molecule is CSc1ccc(-c2cn3nc(OC(C)C4CCN(c5ncc(C(F)(F)F)cn5)CC4)sc3n2)c(F)c1. The largest absolute Gasteiger partial charge is 0.466 e. The van der Waals surface area contributed by atoms with E-state index in [9.17, 15) is 17.6 Å². The summed E-state index contributed by atoms with van der Waals surface area (Å²) in [4.78, 5) is 15.6. The summed E-state index contributed by atoms with van der Waals surface area (Å²) in [5.74, 6) is 0.212. The molecule has 0 N–H and O–H groups in total. The second kappa shape index (κ2) is 9.85. The van der Waals surface area contributed by atoms with E-state index < -0.39 is 11.7 Å². The Bertz CT molecular complexity index is 1320. The number of rotatable bonds is 6. The smallest absolute Gasteiger partial charge is 0.419 e. The average molecular weight is 539 g/mol. The van der Waals surface area contributed by atoms with Crippen molar-refractivity contribution in [2.24, 2.45) is 5.92 Å². The molecule has 0 saturated carbocycles. The first-order chi connectivity index (χ1) is 17.2. The zero-order chi connectivity index (χ0) is 25.4. The normalized spacial score (nSPS) is 16.0.